The molecule has 3 aromatic rings. The summed E-state index contributed by atoms with van der Waals surface area (Å²) in [6.07, 6.45) is 3.09. The zero-order chi connectivity index (χ0) is 36.5. The molecule has 6 rings (SSSR count). The van der Waals surface area contributed by atoms with Gasteiger partial charge in [0.05, 0.1) is 48.7 Å². The van der Waals surface area contributed by atoms with E-state index in [1.165, 1.54) is 12.7 Å². The number of ether oxygens (including phenoxy) is 1. The van der Waals surface area contributed by atoms with E-state index in [-0.39, 0.29) is 28.8 Å². The fraction of sp³-hybridized carbons (Fsp3) is 0.405. The van der Waals surface area contributed by atoms with Crippen LogP contribution in [0.1, 0.15) is 47.8 Å². The van der Waals surface area contributed by atoms with Crippen molar-refractivity contribution < 1.29 is 17.9 Å². The maximum atomic E-state index is 13.7. The van der Waals surface area contributed by atoms with Crippen molar-refractivity contribution in [3.8, 4) is 5.75 Å². The Kier molecular flexibility index (Phi) is 10.2. The Labute approximate surface area is 301 Å². The smallest absolute Gasteiger partial charge is 0.255 e. The summed E-state index contributed by atoms with van der Waals surface area (Å²) in [6.45, 7) is 13.5. The van der Waals surface area contributed by atoms with Crippen LogP contribution in [0.3, 0.4) is 0 Å². The minimum atomic E-state index is -3.61. The first-order chi connectivity index (χ1) is 24.2. The lowest BCUT2D eigenvalue weighted by atomic mass is 9.86. The zero-order valence-electron chi connectivity index (χ0n) is 30.4. The monoisotopic (exact) mass is 715 g/mol. The summed E-state index contributed by atoms with van der Waals surface area (Å²) in [7, 11) is -0.0716. The van der Waals surface area contributed by atoms with E-state index >= 15 is 0 Å². The summed E-state index contributed by atoms with van der Waals surface area (Å²) in [5, 5.41) is 4.85. The molecule has 3 aliphatic heterocycles. The van der Waals surface area contributed by atoms with Crippen molar-refractivity contribution in [3.63, 3.8) is 0 Å². The second kappa shape index (κ2) is 14.4. The van der Waals surface area contributed by atoms with Crippen LogP contribution in [0.4, 0.5) is 17.1 Å². The number of hydrogen-bond acceptors (Lipinski definition) is 11. The van der Waals surface area contributed by atoms with Crippen LogP contribution in [0.15, 0.2) is 77.6 Å². The summed E-state index contributed by atoms with van der Waals surface area (Å²) in [5.74, 6) is 0.874. The number of carbonyl (C=O) groups is 1. The molecule has 3 aromatic carbocycles. The van der Waals surface area contributed by atoms with Gasteiger partial charge in [0.2, 0.25) is 10.0 Å². The van der Waals surface area contributed by atoms with Gasteiger partial charge in [-0.25, -0.2) is 8.42 Å². The molecule has 0 bridgehead atoms. The van der Waals surface area contributed by atoms with E-state index in [2.05, 4.69) is 73.1 Å². The highest BCUT2D eigenvalue weighted by atomic mass is 32.2. The van der Waals surface area contributed by atoms with Gasteiger partial charge in [0.1, 0.15) is 0 Å². The summed E-state index contributed by atoms with van der Waals surface area (Å²) < 4.78 is 32.5. The van der Waals surface area contributed by atoms with Gasteiger partial charge in [-0.15, -0.1) is 5.53 Å². The van der Waals surface area contributed by atoms with Crippen LogP contribution in [0.25, 0.3) is 0 Å². The summed E-state index contributed by atoms with van der Waals surface area (Å²) in [6, 6.07) is 19.7. The molecular weight excluding hydrogens is 667 g/mol. The third-order valence-corrected chi connectivity index (χ3v) is 10.1. The average molecular weight is 716 g/mol. The number of likely N-dealkylation sites (N-methyl/N-ethyl adjacent to an activating group) is 1. The summed E-state index contributed by atoms with van der Waals surface area (Å²) in [4.78, 5) is 25.8. The number of hydrazine groups is 2. The predicted octanol–water partition coefficient (Wildman–Crippen LogP) is 4.08. The quantitative estimate of drug-likeness (QED) is 0.257. The molecule has 0 radical (unpaired) electrons. The Balaban J connectivity index is 1.14. The molecule has 272 valence electrons. The fourth-order valence-corrected chi connectivity index (χ4v) is 7.15. The molecule has 1 atom stereocenters. The number of rotatable bonds is 9. The number of carbonyl (C=O) groups excluding carboxylic acids is 1. The van der Waals surface area contributed by atoms with Crippen LogP contribution in [-0.4, -0.2) is 94.2 Å². The third-order valence-electron chi connectivity index (χ3n) is 9.47. The minimum absolute atomic E-state index is 0.0314. The number of guanidine groups is 1. The van der Waals surface area contributed by atoms with Crippen LogP contribution in [0, 0.1) is 6.92 Å². The topological polar surface area (TPSA) is 134 Å². The van der Waals surface area contributed by atoms with E-state index in [4.69, 9.17) is 9.73 Å². The molecule has 0 spiro atoms. The van der Waals surface area contributed by atoms with Gasteiger partial charge in [-0.1, -0.05) is 57.2 Å². The van der Waals surface area contributed by atoms with Crippen molar-refractivity contribution in [3.05, 3.63) is 94.8 Å². The van der Waals surface area contributed by atoms with E-state index in [0.717, 1.165) is 67.5 Å². The normalized spacial score (nSPS) is 18.3. The molecule has 51 heavy (non-hydrogen) atoms. The second-order valence-corrected chi connectivity index (χ2v) is 16.1. The van der Waals surface area contributed by atoms with Crippen LogP contribution in [0.2, 0.25) is 0 Å². The largest absolute Gasteiger partial charge is 0.492 e. The number of amides is 1. The number of methoxy groups -OCH3 is 1. The van der Waals surface area contributed by atoms with E-state index in [1.807, 2.05) is 57.1 Å². The Morgan fingerprint density at radius 3 is 2.39 bits per heavy atom. The molecule has 0 aromatic heterocycles. The number of nitrogens with one attached hydrogen (secondary N) is 4. The zero-order valence-corrected chi connectivity index (χ0v) is 31.3. The van der Waals surface area contributed by atoms with Crippen LogP contribution in [0.5, 0.6) is 5.75 Å². The van der Waals surface area contributed by atoms with Gasteiger partial charge < -0.3 is 25.3 Å². The highest BCUT2D eigenvalue weighted by molar-refractivity contribution is 7.92. The standard InChI is InChI=1S/C37H49N9O4S/c1-25-13-14-27(35(47)39-29-20-28(37(2,3)4)21-30(34(29)50-6)41-51(7,48)49)19-32(25)46-24-31(40-42-46)33-22-38-36(43(33)5)45-17-15-44(16-18-45)23-26-11-9-8-10-12-26/h8-14,19-21,24,33,40-42H,15-18,22-23H2,1-7H3,(H,39,47). The van der Waals surface area contributed by atoms with Crippen LogP contribution in [-0.2, 0) is 22.0 Å². The Morgan fingerprint density at radius 2 is 1.73 bits per heavy atom. The van der Waals surface area contributed by atoms with E-state index in [9.17, 15) is 13.2 Å². The number of anilines is 3. The molecular formula is C37H49N9O4S. The van der Waals surface area contributed by atoms with Gasteiger partial charge >= 0.3 is 0 Å². The molecule has 1 fully saturated rings. The van der Waals surface area contributed by atoms with E-state index in [1.54, 1.807) is 12.1 Å². The number of nitrogens with zero attached hydrogens (tertiary/aromatic N) is 5. The molecule has 3 heterocycles. The fourth-order valence-electron chi connectivity index (χ4n) is 6.60. The molecule has 13 nitrogen and oxygen atoms in total. The number of benzene rings is 3. The Morgan fingerprint density at radius 1 is 1.02 bits per heavy atom. The van der Waals surface area contributed by atoms with Crippen LogP contribution < -0.4 is 30.7 Å². The average Bonchev–Trinajstić information content (AvgIpc) is 3.71. The van der Waals surface area contributed by atoms with Gasteiger partial charge in [-0.2, -0.15) is 0 Å². The predicted molar refractivity (Wildman–Crippen MR) is 203 cm³/mol. The van der Waals surface area contributed by atoms with Crippen LogP contribution >= 0.6 is 0 Å². The highest BCUT2D eigenvalue weighted by Gasteiger charge is 2.34. The third kappa shape index (κ3) is 8.24. The van der Waals surface area contributed by atoms with Crippen molar-refractivity contribution in [1.82, 2.24) is 25.7 Å². The second-order valence-electron chi connectivity index (χ2n) is 14.4. The molecule has 3 aliphatic rings. The van der Waals surface area contributed by atoms with Crippen molar-refractivity contribution in [2.24, 2.45) is 4.99 Å². The summed E-state index contributed by atoms with van der Waals surface area (Å²) >= 11 is 0. The SMILES string of the molecule is COc1c(NC(=O)c2ccc(C)c(N3C=C(C4CN=C(N5CCN(Cc6ccccc6)CC5)N4C)NN3)c2)cc(C(C)(C)C)cc1NS(C)(=O)=O. The first-order valence-corrected chi connectivity index (χ1v) is 19.0. The lowest BCUT2D eigenvalue weighted by Gasteiger charge is -2.38. The summed E-state index contributed by atoms with van der Waals surface area (Å²) in [5.41, 5.74) is 12.2. The molecule has 1 amide bonds. The lowest BCUT2D eigenvalue weighted by molar-refractivity contribution is 0.102. The van der Waals surface area contributed by atoms with Crippen molar-refractivity contribution in [2.45, 2.75) is 45.7 Å². The molecule has 1 saturated heterocycles. The number of hydrogen-bond donors (Lipinski definition) is 4. The van der Waals surface area contributed by atoms with Gasteiger partial charge in [0.25, 0.3) is 5.91 Å². The molecule has 0 saturated carbocycles. The Bertz CT molecular complexity index is 1930. The first kappa shape index (κ1) is 36.0. The van der Waals surface area contributed by atoms with Gasteiger partial charge in [0.15, 0.2) is 11.7 Å². The van der Waals surface area contributed by atoms with E-state index in [0.29, 0.717) is 17.8 Å². The minimum Gasteiger partial charge on any atom is -0.492 e. The highest BCUT2D eigenvalue weighted by Crippen LogP contribution is 2.39. The number of sulfonamides is 1. The molecule has 0 aliphatic carbocycles. The number of aliphatic imine (C=N–C) groups is 1. The number of piperazine rings is 1. The van der Waals surface area contributed by atoms with Gasteiger partial charge in [-0.3, -0.25) is 24.4 Å². The Hall–Kier alpha value is -4.79. The van der Waals surface area contributed by atoms with Crippen molar-refractivity contribution >= 4 is 39.0 Å². The molecule has 14 heteroatoms. The van der Waals surface area contributed by atoms with Gasteiger partial charge in [-0.05, 0) is 53.3 Å². The van der Waals surface area contributed by atoms with Crippen molar-refractivity contribution in [1.29, 1.82) is 0 Å². The lowest BCUT2D eigenvalue weighted by Crippen LogP contribution is -2.53. The maximum absolute atomic E-state index is 13.7. The molecule has 1 unspecified atom stereocenters. The maximum Gasteiger partial charge on any atom is 0.255 e. The van der Waals surface area contributed by atoms with Crippen molar-refractivity contribution in [2.75, 3.05) is 68.2 Å². The molecule has 4 N–H and O–H groups in total. The number of aryl methyl sites for hydroxylation is 1. The first-order valence-electron chi connectivity index (χ1n) is 17.1. The van der Waals surface area contributed by atoms with Gasteiger partial charge in [0, 0.05) is 51.5 Å². The van der Waals surface area contributed by atoms with E-state index < -0.39 is 10.0 Å².